The molecule has 1 aromatic rings. The zero-order valence-electron chi connectivity index (χ0n) is 9.61. The van der Waals surface area contributed by atoms with Crippen molar-refractivity contribution in [1.82, 2.24) is 10.2 Å². The highest BCUT2D eigenvalue weighted by atomic mass is 79.9. The lowest BCUT2D eigenvalue weighted by molar-refractivity contribution is 0.0754. The molecule has 1 aliphatic heterocycles. The summed E-state index contributed by atoms with van der Waals surface area (Å²) in [7, 11) is 1.94. The molecule has 4 nitrogen and oxygen atoms in total. The van der Waals surface area contributed by atoms with Crippen molar-refractivity contribution >= 4 is 34.2 Å². The van der Waals surface area contributed by atoms with Gasteiger partial charge in [0, 0.05) is 13.1 Å². The summed E-state index contributed by atoms with van der Waals surface area (Å²) in [5, 5.41) is 3.14. The minimum absolute atomic E-state index is 0. The molecule has 1 N–H and O–H groups in total. The molecular formula is C11H16BrClN2O2. The lowest BCUT2D eigenvalue weighted by Crippen LogP contribution is -2.30. The predicted molar refractivity (Wildman–Crippen MR) is 71.6 cm³/mol. The SMILES string of the molecule is CNCC1CCN(C(=O)c2occc2Br)C1.Cl. The standard InChI is InChI=1S/C11H15BrN2O2.ClH/c1-13-6-8-2-4-14(7-8)11(15)10-9(12)3-5-16-10;/h3,5,8,13H,2,4,6-7H2,1H3;1H. The average molecular weight is 324 g/mol. The van der Waals surface area contributed by atoms with Crippen LogP contribution >= 0.6 is 28.3 Å². The number of amides is 1. The van der Waals surface area contributed by atoms with E-state index in [4.69, 9.17) is 4.42 Å². The first-order valence-corrected chi connectivity index (χ1v) is 6.18. The Labute approximate surface area is 115 Å². The molecule has 17 heavy (non-hydrogen) atoms. The highest BCUT2D eigenvalue weighted by molar-refractivity contribution is 9.10. The van der Waals surface area contributed by atoms with Gasteiger partial charge in [0.25, 0.3) is 5.91 Å². The fourth-order valence-electron chi connectivity index (χ4n) is 2.06. The smallest absolute Gasteiger partial charge is 0.290 e. The fraction of sp³-hybridized carbons (Fsp3) is 0.545. The minimum atomic E-state index is -0.0181. The molecule has 0 radical (unpaired) electrons. The molecule has 1 saturated heterocycles. The Hall–Kier alpha value is -0.520. The highest BCUT2D eigenvalue weighted by Gasteiger charge is 2.28. The van der Waals surface area contributed by atoms with Crippen LogP contribution in [-0.4, -0.2) is 37.5 Å². The molecule has 0 bridgehead atoms. The molecule has 2 rings (SSSR count). The Bertz CT molecular complexity index is 383. The molecular weight excluding hydrogens is 307 g/mol. The molecule has 0 spiro atoms. The van der Waals surface area contributed by atoms with Gasteiger partial charge in [0.05, 0.1) is 10.7 Å². The molecule has 1 amide bonds. The zero-order valence-corrected chi connectivity index (χ0v) is 12.0. The summed E-state index contributed by atoms with van der Waals surface area (Å²) in [5.74, 6) is 0.947. The van der Waals surface area contributed by atoms with Crippen LogP contribution in [0.2, 0.25) is 0 Å². The number of carbonyl (C=O) groups is 1. The quantitative estimate of drug-likeness (QED) is 0.927. The van der Waals surface area contributed by atoms with Crippen LogP contribution in [-0.2, 0) is 0 Å². The number of rotatable bonds is 3. The zero-order chi connectivity index (χ0) is 11.5. The van der Waals surface area contributed by atoms with Crippen molar-refractivity contribution in [2.75, 3.05) is 26.7 Å². The molecule has 2 heterocycles. The Balaban J connectivity index is 0.00000144. The lowest BCUT2D eigenvalue weighted by atomic mass is 10.1. The maximum atomic E-state index is 12.1. The van der Waals surface area contributed by atoms with Gasteiger partial charge in [0.2, 0.25) is 5.76 Å². The van der Waals surface area contributed by atoms with E-state index in [1.54, 1.807) is 6.07 Å². The van der Waals surface area contributed by atoms with Crippen molar-refractivity contribution in [2.45, 2.75) is 6.42 Å². The first-order chi connectivity index (χ1) is 7.72. The van der Waals surface area contributed by atoms with Crippen LogP contribution in [0.1, 0.15) is 17.0 Å². The first kappa shape index (κ1) is 14.5. The molecule has 6 heteroatoms. The van der Waals surface area contributed by atoms with E-state index in [2.05, 4.69) is 21.2 Å². The predicted octanol–water partition coefficient (Wildman–Crippen LogP) is 2.15. The number of hydrogen-bond donors (Lipinski definition) is 1. The van der Waals surface area contributed by atoms with E-state index in [-0.39, 0.29) is 18.3 Å². The number of nitrogens with one attached hydrogen (secondary N) is 1. The number of furan rings is 1. The third-order valence-electron chi connectivity index (χ3n) is 2.88. The van der Waals surface area contributed by atoms with Gasteiger partial charge in [-0.05, 0) is 47.9 Å². The second-order valence-corrected chi connectivity index (χ2v) is 4.92. The van der Waals surface area contributed by atoms with Crippen LogP contribution in [0.15, 0.2) is 21.2 Å². The lowest BCUT2D eigenvalue weighted by Gasteiger charge is -2.15. The van der Waals surface area contributed by atoms with Gasteiger partial charge in [0.1, 0.15) is 0 Å². The molecule has 1 unspecified atom stereocenters. The van der Waals surface area contributed by atoms with Gasteiger partial charge in [-0.3, -0.25) is 4.79 Å². The molecule has 1 fully saturated rings. The van der Waals surface area contributed by atoms with E-state index >= 15 is 0 Å². The maximum Gasteiger partial charge on any atom is 0.290 e. The third kappa shape index (κ3) is 3.24. The summed E-state index contributed by atoms with van der Waals surface area (Å²) < 4.78 is 5.91. The minimum Gasteiger partial charge on any atom is -0.458 e. The normalized spacial score (nSPS) is 19.2. The Kier molecular flexibility index (Phi) is 5.49. The van der Waals surface area contributed by atoms with Crippen molar-refractivity contribution in [3.8, 4) is 0 Å². The summed E-state index contributed by atoms with van der Waals surface area (Å²) in [6.07, 6.45) is 2.59. The van der Waals surface area contributed by atoms with E-state index in [1.165, 1.54) is 6.26 Å². The van der Waals surface area contributed by atoms with Crippen molar-refractivity contribution in [2.24, 2.45) is 5.92 Å². The monoisotopic (exact) mass is 322 g/mol. The van der Waals surface area contributed by atoms with Gasteiger partial charge in [0.15, 0.2) is 0 Å². The van der Waals surface area contributed by atoms with E-state index in [9.17, 15) is 4.79 Å². The second-order valence-electron chi connectivity index (χ2n) is 4.06. The van der Waals surface area contributed by atoms with E-state index in [0.717, 1.165) is 30.5 Å². The molecule has 0 aromatic carbocycles. The van der Waals surface area contributed by atoms with E-state index in [0.29, 0.717) is 11.7 Å². The van der Waals surface area contributed by atoms with Crippen molar-refractivity contribution in [1.29, 1.82) is 0 Å². The molecule has 0 aliphatic carbocycles. The largest absolute Gasteiger partial charge is 0.458 e. The Morgan fingerprint density at radius 1 is 1.71 bits per heavy atom. The van der Waals surface area contributed by atoms with E-state index in [1.807, 2.05) is 11.9 Å². The summed E-state index contributed by atoms with van der Waals surface area (Å²) in [4.78, 5) is 13.9. The van der Waals surface area contributed by atoms with Gasteiger partial charge >= 0.3 is 0 Å². The molecule has 1 aliphatic rings. The number of carbonyl (C=O) groups excluding carboxylic acids is 1. The van der Waals surface area contributed by atoms with Crippen LogP contribution in [0.4, 0.5) is 0 Å². The van der Waals surface area contributed by atoms with Crippen molar-refractivity contribution in [3.63, 3.8) is 0 Å². The van der Waals surface area contributed by atoms with Crippen LogP contribution in [0.3, 0.4) is 0 Å². The van der Waals surface area contributed by atoms with Crippen LogP contribution < -0.4 is 5.32 Å². The number of nitrogens with zero attached hydrogens (tertiary/aromatic N) is 1. The molecule has 0 saturated carbocycles. The molecule has 1 atom stereocenters. The summed E-state index contributed by atoms with van der Waals surface area (Å²) in [5.41, 5.74) is 0. The van der Waals surface area contributed by atoms with Gasteiger partial charge in [-0.2, -0.15) is 0 Å². The van der Waals surface area contributed by atoms with Gasteiger partial charge in [-0.15, -0.1) is 12.4 Å². The van der Waals surface area contributed by atoms with Crippen LogP contribution in [0, 0.1) is 5.92 Å². The molecule has 96 valence electrons. The molecule has 1 aromatic heterocycles. The summed E-state index contributed by atoms with van der Waals surface area (Å²) >= 11 is 3.31. The number of hydrogen-bond acceptors (Lipinski definition) is 3. The highest BCUT2D eigenvalue weighted by Crippen LogP contribution is 2.23. The van der Waals surface area contributed by atoms with Gasteiger partial charge < -0.3 is 14.6 Å². The Morgan fingerprint density at radius 2 is 2.47 bits per heavy atom. The van der Waals surface area contributed by atoms with Crippen LogP contribution in [0.5, 0.6) is 0 Å². The third-order valence-corrected chi connectivity index (χ3v) is 3.50. The summed E-state index contributed by atoms with van der Waals surface area (Å²) in [6, 6.07) is 1.74. The maximum absolute atomic E-state index is 12.1. The van der Waals surface area contributed by atoms with Crippen molar-refractivity contribution in [3.05, 3.63) is 22.6 Å². The Morgan fingerprint density at radius 3 is 3.06 bits per heavy atom. The number of halogens is 2. The number of likely N-dealkylation sites (tertiary alicyclic amines) is 1. The van der Waals surface area contributed by atoms with Crippen LogP contribution in [0.25, 0.3) is 0 Å². The second kappa shape index (κ2) is 6.42. The fourth-order valence-corrected chi connectivity index (χ4v) is 2.43. The first-order valence-electron chi connectivity index (χ1n) is 5.39. The summed E-state index contributed by atoms with van der Waals surface area (Å²) in [6.45, 7) is 2.59. The average Bonchev–Trinajstić information content (AvgIpc) is 2.87. The topological polar surface area (TPSA) is 45.5 Å². The van der Waals surface area contributed by atoms with Crippen molar-refractivity contribution < 1.29 is 9.21 Å². The van der Waals surface area contributed by atoms with Gasteiger partial charge in [-0.1, -0.05) is 0 Å². The van der Waals surface area contributed by atoms with Gasteiger partial charge in [-0.25, -0.2) is 0 Å². The van der Waals surface area contributed by atoms with E-state index < -0.39 is 0 Å².